The molecule has 0 aliphatic carbocycles. The normalized spacial score (nSPS) is 13.7. The van der Waals surface area contributed by atoms with Crippen LogP contribution in [0.5, 0.6) is 0 Å². The summed E-state index contributed by atoms with van der Waals surface area (Å²) in [5.74, 6) is 0. The number of unbranched alkanes of at least 4 members (excludes halogenated alkanes) is 1. The van der Waals surface area contributed by atoms with Crippen LogP contribution in [0.1, 0.15) is 26.2 Å². The molecule has 0 spiro atoms. The molecule has 1 atom stereocenters. The van der Waals surface area contributed by atoms with Crippen LogP contribution in [0.3, 0.4) is 0 Å². The average molecular weight is 296 g/mol. The van der Waals surface area contributed by atoms with Crippen LogP contribution in [0, 0.1) is 0 Å². The Bertz CT molecular complexity index is 666. The summed E-state index contributed by atoms with van der Waals surface area (Å²) in [5, 5.41) is 0.589. The van der Waals surface area contributed by atoms with Crippen LogP contribution in [0.15, 0.2) is 29.4 Å². The number of nitrogens with two attached hydrogens (primary N) is 1. The molecule has 2 aromatic rings. The van der Waals surface area contributed by atoms with Gasteiger partial charge in [-0.3, -0.25) is 0 Å². The van der Waals surface area contributed by atoms with Gasteiger partial charge in [-0.2, -0.15) is 0 Å². The van der Waals surface area contributed by atoms with Gasteiger partial charge in [-0.25, -0.2) is 18.1 Å². The number of nitrogens with one attached hydrogen (secondary N) is 2. The van der Waals surface area contributed by atoms with Gasteiger partial charge in [-0.1, -0.05) is 19.8 Å². The minimum atomic E-state index is -3.59. The Morgan fingerprint density at radius 3 is 3.00 bits per heavy atom. The molecule has 0 bridgehead atoms. The first-order chi connectivity index (χ1) is 9.58. The first-order valence-corrected chi connectivity index (χ1v) is 8.21. The number of aromatic nitrogens is 2. The van der Waals surface area contributed by atoms with Crippen molar-refractivity contribution in [3.05, 3.63) is 24.5 Å². The van der Waals surface area contributed by atoms with Crippen LogP contribution < -0.4 is 10.5 Å². The second-order valence-electron chi connectivity index (χ2n) is 4.75. The van der Waals surface area contributed by atoms with Crippen molar-refractivity contribution in [2.45, 2.75) is 37.1 Å². The molecule has 110 valence electrons. The molecule has 0 amide bonds. The number of hydrogen-bond donors (Lipinski definition) is 3. The molecule has 2 rings (SSSR count). The van der Waals surface area contributed by atoms with Crippen LogP contribution in [-0.2, 0) is 10.0 Å². The maximum Gasteiger partial charge on any atom is 0.243 e. The number of rotatable bonds is 7. The lowest BCUT2D eigenvalue weighted by atomic mass is 10.1. The Morgan fingerprint density at radius 2 is 2.30 bits per heavy atom. The van der Waals surface area contributed by atoms with Crippen molar-refractivity contribution in [1.82, 2.24) is 14.7 Å². The standard InChI is InChI=1S/C13H20N4O2S/c1-2-3-5-10(8-14)17-20(18,19)12-9-16-13-11(12)6-4-7-15-13/h4,6-7,9-10,17H,2-3,5,8,14H2,1H3,(H,15,16). The minimum Gasteiger partial charge on any atom is -0.345 e. The molecular formula is C13H20N4O2S. The zero-order chi connectivity index (χ0) is 14.6. The summed E-state index contributed by atoms with van der Waals surface area (Å²) < 4.78 is 27.5. The lowest BCUT2D eigenvalue weighted by molar-refractivity contribution is 0.517. The van der Waals surface area contributed by atoms with E-state index in [9.17, 15) is 8.42 Å². The Balaban J connectivity index is 2.25. The number of sulfonamides is 1. The van der Waals surface area contributed by atoms with E-state index in [1.807, 2.05) is 0 Å². The van der Waals surface area contributed by atoms with Crippen molar-refractivity contribution in [3.63, 3.8) is 0 Å². The van der Waals surface area contributed by atoms with E-state index in [1.165, 1.54) is 6.20 Å². The van der Waals surface area contributed by atoms with Crippen LogP contribution in [0.25, 0.3) is 11.0 Å². The average Bonchev–Trinajstić information content (AvgIpc) is 2.88. The number of pyridine rings is 1. The molecule has 0 saturated heterocycles. The van der Waals surface area contributed by atoms with Gasteiger partial charge in [-0.05, 0) is 18.6 Å². The van der Waals surface area contributed by atoms with Crippen molar-refractivity contribution < 1.29 is 8.42 Å². The Hall–Kier alpha value is -1.44. The molecule has 6 nitrogen and oxygen atoms in total. The van der Waals surface area contributed by atoms with E-state index >= 15 is 0 Å². The van der Waals surface area contributed by atoms with E-state index < -0.39 is 10.0 Å². The molecular weight excluding hydrogens is 276 g/mol. The highest BCUT2D eigenvalue weighted by atomic mass is 32.2. The summed E-state index contributed by atoms with van der Waals surface area (Å²) in [7, 11) is -3.59. The molecule has 0 fully saturated rings. The summed E-state index contributed by atoms with van der Waals surface area (Å²) in [4.78, 5) is 7.18. The zero-order valence-electron chi connectivity index (χ0n) is 11.5. The Labute approximate surface area is 118 Å². The number of fused-ring (bicyclic) bond motifs is 1. The van der Waals surface area contributed by atoms with Crippen molar-refractivity contribution >= 4 is 21.1 Å². The lowest BCUT2D eigenvalue weighted by Crippen LogP contribution is -2.40. The monoisotopic (exact) mass is 296 g/mol. The van der Waals surface area contributed by atoms with E-state index in [4.69, 9.17) is 5.73 Å². The molecule has 0 radical (unpaired) electrons. The first kappa shape index (κ1) is 15.0. The number of nitrogens with zero attached hydrogens (tertiary/aromatic N) is 1. The third kappa shape index (κ3) is 3.17. The van der Waals surface area contributed by atoms with Gasteiger partial charge < -0.3 is 10.7 Å². The lowest BCUT2D eigenvalue weighted by Gasteiger charge is -2.16. The second kappa shape index (κ2) is 6.34. The van der Waals surface area contributed by atoms with Crippen LogP contribution in [0.4, 0.5) is 0 Å². The van der Waals surface area contributed by atoms with Gasteiger partial charge >= 0.3 is 0 Å². The fourth-order valence-electron chi connectivity index (χ4n) is 2.11. The molecule has 20 heavy (non-hydrogen) atoms. The third-order valence-electron chi connectivity index (χ3n) is 3.22. The zero-order valence-corrected chi connectivity index (χ0v) is 12.3. The number of hydrogen-bond acceptors (Lipinski definition) is 4. The van der Waals surface area contributed by atoms with E-state index in [2.05, 4.69) is 21.6 Å². The quantitative estimate of drug-likeness (QED) is 0.718. The van der Waals surface area contributed by atoms with Gasteiger partial charge in [0.05, 0.1) is 0 Å². The first-order valence-electron chi connectivity index (χ1n) is 6.73. The SMILES string of the molecule is CCCCC(CN)NS(=O)(=O)c1c[nH]c2ncccc12. The Morgan fingerprint density at radius 1 is 1.50 bits per heavy atom. The molecule has 0 saturated carbocycles. The summed E-state index contributed by atoms with van der Waals surface area (Å²) >= 11 is 0. The van der Waals surface area contributed by atoms with Gasteiger partial charge in [0.25, 0.3) is 0 Å². The molecule has 0 aliphatic heterocycles. The van der Waals surface area contributed by atoms with E-state index in [1.54, 1.807) is 18.3 Å². The van der Waals surface area contributed by atoms with Crippen molar-refractivity contribution in [1.29, 1.82) is 0 Å². The highest BCUT2D eigenvalue weighted by Crippen LogP contribution is 2.21. The highest BCUT2D eigenvalue weighted by Gasteiger charge is 2.22. The van der Waals surface area contributed by atoms with Gasteiger partial charge in [-0.15, -0.1) is 0 Å². The van der Waals surface area contributed by atoms with Crippen LogP contribution in [-0.4, -0.2) is 31.0 Å². The summed E-state index contributed by atoms with van der Waals surface area (Å²) in [6.45, 7) is 2.35. The van der Waals surface area contributed by atoms with E-state index in [0.29, 0.717) is 17.6 Å². The van der Waals surface area contributed by atoms with Crippen molar-refractivity contribution in [2.75, 3.05) is 6.54 Å². The Kier molecular flexibility index (Phi) is 4.74. The van der Waals surface area contributed by atoms with Crippen LogP contribution in [0.2, 0.25) is 0 Å². The molecule has 1 unspecified atom stereocenters. The second-order valence-corrected chi connectivity index (χ2v) is 6.43. The maximum absolute atomic E-state index is 12.4. The molecule has 4 N–H and O–H groups in total. The summed E-state index contributed by atoms with van der Waals surface area (Å²) in [6.07, 6.45) is 5.78. The van der Waals surface area contributed by atoms with Crippen LogP contribution >= 0.6 is 0 Å². The molecule has 0 aliphatic rings. The smallest absolute Gasteiger partial charge is 0.243 e. The van der Waals surface area contributed by atoms with Crippen molar-refractivity contribution in [3.8, 4) is 0 Å². The molecule has 2 aromatic heterocycles. The van der Waals surface area contributed by atoms with E-state index in [-0.39, 0.29) is 10.9 Å². The molecule has 7 heteroatoms. The third-order valence-corrected chi connectivity index (χ3v) is 4.78. The molecule has 2 heterocycles. The maximum atomic E-state index is 12.4. The predicted molar refractivity (Wildman–Crippen MR) is 78.8 cm³/mol. The minimum absolute atomic E-state index is 0.218. The summed E-state index contributed by atoms with van der Waals surface area (Å²) in [5.41, 5.74) is 6.20. The largest absolute Gasteiger partial charge is 0.345 e. The predicted octanol–water partition coefficient (Wildman–Crippen LogP) is 1.36. The topological polar surface area (TPSA) is 101 Å². The van der Waals surface area contributed by atoms with Gasteiger partial charge in [0.1, 0.15) is 10.5 Å². The van der Waals surface area contributed by atoms with Gasteiger partial charge in [0, 0.05) is 30.4 Å². The fraction of sp³-hybridized carbons (Fsp3) is 0.462. The van der Waals surface area contributed by atoms with Gasteiger partial charge in [0.2, 0.25) is 10.0 Å². The molecule has 0 aromatic carbocycles. The van der Waals surface area contributed by atoms with Crippen molar-refractivity contribution in [2.24, 2.45) is 5.73 Å². The number of H-pyrrole nitrogens is 1. The fourth-order valence-corrected chi connectivity index (χ4v) is 3.56. The summed E-state index contributed by atoms with van der Waals surface area (Å²) in [6, 6.07) is 3.21. The van der Waals surface area contributed by atoms with Gasteiger partial charge in [0.15, 0.2) is 0 Å². The number of aromatic amines is 1. The highest BCUT2D eigenvalue weighted by molar-refractivity contribution is 7.89. The van der Waals surface area contributed by atoms with E-state index in [0.717, 1.165) is 19.3 Å².